The molecule has 3 N–H and O–H groups in total. The minimum atomic E-state index is -0.424. The van der Waals surface area contributed by atoms with Gasteiger partial charge in [0.1, 0.15) is 5.76 Å². The number of amides is 2. The Bertz CT molecular complexity index is 920. The molecule has 2 rings (SSSR count). The number of hydrogen-bond donors (Lipinski definition) is 3. The third-order valence-corrected chi connectivity index (χ3v) is 4.40. The molecule has 1 fully saturated rings. The number of rotatable bonds is 8. The van der Waals surface area contributed by atoms with Gasteiger partial charge in [-0.15, -0.1) is 5.10 Å². The van der Waals surface area contributed by atoms with E-state index in [4.69, 9.17) is 0 Å². The standard InChI is InChI=1S/C22H28N4O3.C3H8.C2H6/c1-6-8-16(9-7-2)19-12-20(24-22(29)17-11-21(28)23-13-17)25-26(19)18(14(3)4)10-15(5)27;1-3-2;1-2/h6-10,12,14,17,27H,1,5,11,13H2,2-4H3,(H,23,28)(H,24,25,29);3H2,1-2H3;1-2H3/b9-7+,16-8+,18-10+;;/t17-;;/m0../s1. The van der Waals surface area contributed by atoms with E-state index in [1.54, 1.807) is 22.9 Å². The van der Waals surface area contributed by atoms with Gasteiger partial charge in [-0.05, 0) is 18.4 Å². The van der Waals surface area contributed by atoms with Crippen LogP contribution in [0.15, 0.2) is 55.4 Å². The Balaban J connectivity index is 0.00000201. The van der Waals surface area contributed by atoms with Crippen molar-refractivity contribution in [3.63, 3.8) is 0 Å². The third kappa shape index (κ3) is 9.65. The minimum Gasteiger partial charge on any atom is -0.509 e. The summed E-state index contributed by atoms with van der Waals surface area (Å²) in [5.74, 6) is -0.524. The Morgan fingerprint density at radius 2 is 2.00 bits per heavy atom. The third-order valence-electron chi connectivity index (χ3n) is 4.40. The van der Waals surface area contributed by atoms with E-state index in [0.29, 0.717) is 18.1 Å². The predicted molar refractivity (Wildman–Crippen MR) is 143 cm³/mol. The molecule has 0 bridgehead atoms. The number of nitrogens with one attached hydrogen (secondary N) is 2. The molecular weight excluding hydrogens is 428 g/mol. The molecule has 0 unspecified atom stereocenters. The number of aliphatic hydroxyl groups excluding tert-OH is 1. The molecule has 7 nitrogen and oxygen atoms in total. The largest absolute Gasteiger partial charge is 0.509 e. The van der Waals surface area contributed by atoms with Crippen molar-refractivity contribution in [1.29, 1.82) is 0 Å². The highest BCUT2D eigenvalue weighted by Crippen LogP contribution is 2.28. The van der Waals surface area contributed by atoms with Crippen molar-refractivity contribution in [2.75, 3.05) is 11.9 Å². The van der Waals surface area contributed by atoms with Crippen molar-refractivity contribution in [3.05, 3.63) is 61.1 Å². The normalized spacial score (nSPS) is 15.8. The van der Waals surface area contributed by atoms with Crippen LogP contribution in [0.5, 0.6) is 0 Å². The molecule has 0 saturated carbocycles. The van der Waals surface area contributed by atoms with Crippen LogP contribution in [0.3, 0.4) is 0 Å². The molecule has 2 amide bonds. The van der Waals surface area contributed by atoms with Crippen molar-refractivity contribution in [2.24, 2.45) is 11.8 Å². The summed E-state index contributed by atoms with van der Waals surface area (Å²) < 4.78 is 1.68. The van der Waals surface area contributed by atoms with E-state index in [-0.39, 0.29) is 29.9 Å². The van der Waals surface area contributed by atoms with Gasteiger partial charge >= 0.3 is 0 Å². The van der Waals surface area contributed by atoms with Gasteiger partial charge < -0.3 is 15.7 Å². The van der Waals surface area contributed by atoms with Crippen molar-refractivity contribution in [3.8, 4) is 0 Å². The summed E-state index contributed by atoms with van der Waals surface area (Å²) in [4.78, 5) is 23.9. The summed E-state index contributed by atoms with van der Waals surface area (Å²) in [7, 11) is 0. The first-order chi connectivity index (χ1) is 16.2. The number of hydrogen-bond acceptors (Lipinski definition) is 4. The van der Waals surface area contributed by atoms with Gasteiger partial charge in [-0.3, -0.25) is 9.59 Å². The van der Waals surface area contributed by atoms with Gasteiger partial charge in [-0.2, -0.15) is 0 Å². The minimum absolute atomic E-state index is 0.0216. The Kier molecular flexibility index (Phi) is 14.7. The topological polar surface area (TPSA) is 96.3 Å². The first-order valence-corrected chi connectivity index (χ1v) is 11.9. The van der Waals surface area contributed by atoms with E-state index in [1.165, 1.54) is 6.42 Å². The Hall–Kier alpha value is -3.35. The van der Waals surface area contributed by atoms with E-state index in [9.17, 15) is 14.7 Å². The summed E-state index contributed by atoms with van der Waals surface area (Å²) in [6.07, 6.45) is 10.3. The van der Waals surface area contributed by atoms with Crippen molar-refractivity contribution >= 4 is 28.9 Å². The van der Waals surface area contributed by atoms with Crippen molar-refractivity contribution in [1.82, 2.24) is 15.1 Å². The number of carbonyl (C=O) groups excluding carboxylic acids is 2. The second kappa shape index (κ2) is 16.3. The van der Waals surface area contributed by atoms with Gasteiger partial charge in [0.05, 0.1) is 11.6 Å². The van der Waals surface area contributed by atoms with Crippen LogP contribution in [-0.4, -0.2) is 33.2 Å². The average Bonchev–Trinajstić information content (AvgIpc) is 3.40. The highest BCUT2D eigenvalue weighted by Gasteiger charge is 2.28. The number of allylic oxidation sites excluding steroid dienone is 7. The lowest BCUT2D eigenvalue weighted by molar-refractivity contribution is -0.123. The van der Waals surface area contributed by atoms with Crippen LogP contribution in [0.1, 0.15) is 67.0 Å². The highest BCUT2D eigenvalue weighted by atomic mass is 16.3. The summed E-state index contributed by atoms with van der Waals surface area (Å²) >= 11 is 0. The smallest absolute Gasteiger partial charge is 0.230 e. The molecule has 0 radical (unpaired) electrons. The van der Waals surface area contributed by atoms with Crippen LogP contribution in [0.2, 0.25) is 0 Å². The number of anilines is 1. The molecule has 1 aliphatic rings. The maximum Gasteiger partial charge on any atom is 0.230 e. The molecular formula is C27H42N4O3. The molecule has 1 aromatic rings. The van der Waals surface area contributed by atoms with Gasteiger partial charge in [0.25, 0.3) is 0 Å². The molecule has 1 saturated heterocycles. The maximum atomic E-state index is 12.5. The molecule has 0 spiro atoms. The number of nitrogens with zero attached hydrogens (tertiary/aromatic N) is 2. The molecule has 0 aliphatic carbocycles. The van der Waals surface area contributed by atoms with Gasteiger partial charge in [0.2, 0.25) is 11.8 Å². The molecule has 2 heterocycles. The lowest BCUT2D eigenvalue weighted by atomic mass is 10.1. The first-order valence-electron chi connectivity index (χ1n) is 11.9. The zero-order valence-corrected chi connectivity index (χ0v) is 21.8. The average molecular weight is 471 g/mol. The molecule has 1 aliphatic heterocycles. The van der Waals surface area contributed by atoms with Gasteiger partial charge in [0, 0.05) is 30.8 Å². The lowest BCUT2D eigenvalue weighted by Gasteiger charge is -2.15. The molecule has 34 heavy (non-hydrogen) atoms. The molecule has 188 valence electrons. The predicted octanol–water partition coefficient (Wildman–Crippen LogP) is 6.11. The van der Waals surface area contributed by atoms with E-state index >= 15 is 0 Å². The zero-order valence-electron chi connectivity index (χ0n) is 21.8. The second-order valence-electron chi connectivity index (χ2n) is 7.80. The number of carbonyl (C=O) groups is 2. The van der Waals surface area contributed by atoms with Crippen molar-refractivity contribution < 1.29 is 14.7 Å². The SMILES string of the molecule is C=C/C=C(\C=C\C)c1cc(NC(=O)[C@@H]2CNC(=O)C2)nn1/C(=C/C(=C)O)C(C)C.CC.CCC. The van der Waals surface area contributed by atoms with E-state index in [0.717, 1.165) is 11.3 Å². The van der Waals surface area contributed by atoms with Crippen LogP contribution >= 0.6 is 0 Å². The maximum absolute atomic E-state index is 12.5. The Morgan fingerprint density at radius 3 is 2.44 bits per heavy atom. The number of aromatic nitrogens is 2. The molecule has 0 aromatic carbocycles. The van der Waals surface area contributed by atoms with Gasteiger partial charge in [-0.1, -0.05) is 85.4 Å². The van der Waals surface area contributed by atoms with E-state index in [1.807, 2.05) is 52.8 Å². The summed E-state index contributed by atoms with van der Waals surface area (Å²) in [5, 5.41) is 19.7. The van der Waals surface area contributed by atoms with Crippen LogP contribution in [-0.2, 0) is 9.59 Å². The zero-order chi connectivity index (χ0) is 26.3. The fourth-order valence-electron chi connectivity index (χ4n) is 3.04. The Morgan fingerprint density at radius 1 is 1.38 bits per heavy atom. The highest BCUT2D eigenvalue weighted by molar-refractivity contribution is 5.97. The van der Waals surface area contributed by atoms with E-state index in [2.05, 4.69) is 42.7 Å². The van der Waals surface area contributed by atoms with Crippen molar-refractivity contribution in [2.45, 2.75) is 61.3 Å². The Labute approximate surface area is 205 Å². The molecule has 1 atom stereocenters. The molecule has 1 aromatic heterocycles. The first kappa shape index (κ1) is 30.6. The van der Waals surface area contributed by atoms with Crippen LogP contribution in [0.4, 0.5) is 5.82 Å². The fourth-order valence-corrected chi connectivity index (χ4v) is 3.04. The lowest BCUT2D eigenvalue weighted by Crippen LogP contribution is -2.25. The second-order valence-corrected chi connectivity index (χ2v) is 7.80. The molecule has 7 heteroatoms. The van der Waals surface area contributed by atoms with Crippen LogP contribution in [0.25, 0.3) is 11.3 Å². The van der Waals surface area contributed by atoms with Crippen LogP contribution < -0.4 is 10.6 Å². The number of aliphatic hydroxyl groups is 1. The fraction of sp³-hybridized carbons (Fsp3) is 0.444. The van der Waals surface area contributed by atoms with Gasteiger partial charge in [0.15, 0.2) is 5.82 Å². The quantitative estimate of drug-likeness (QED) is 0.315. The summed E-state index contributed by atoms with van der Waals surface area (Å²) in [6, 6.07) is 1.76. The van der Waals surface area contributed by atoms with Gasteiger partial charge in [-0.25, -0.2) is 4.68 Å². The summed E-state index contributed by atoms with van der Waals surface area (Å²) in [6.45, 7) is 21.7. The monoisotopic (exact) mass is 470 g/mol. The van der Waals surface area contributed by atoms with Crippen LogP contribution in [0, 0.1) is 11.8 Å². The summed E-state index contributed by atoms with van der Waals surface area (Å²) in [5.41, 5.74) is 2.27. The van der Waals surface area contributed by atoms with E-state index < -0.39 is 5.92 Å².